The Morgan fingerprint density at radius 1 is 1.04 bits per heavy atom. The summed E-state index contributed by atoms with van der Waals surface area (Å²) in [6, 6.07) is 13.8. The van der Waals surface area contributed by atoms with E-state index in [1.54, 1.807) is 6.33 Å². The predicted molar refractivity (Wildman–Crippen MR) is 95.8 cm³/mol. The molecular weight excluding hydrogens is 388 g/mol. The van der Waals surface area contributed by atoms with Crippen molar-refractivity contribution in [3.63, 3.8) is 0 Å². The van der Waals surface area contributed by atoms with Crippen LogP contribution in [0.25, 0.3) is 22.4 Å². The fraction of sp³-hybridized carbons (Fsp3) is 0.0588. The maximum absolute atomic E-state index is 5.78. The SMILES string of the molecule is Cc1ccc2ncnc(Sc3nnc(-c4ccccc4Br)o3)c2c1. The fourth-order valence-electron chi connectivity index (χ4n) is 2.31. The summed E-state index contributed by atoms with van der Waals surface area (Å²) in [6.07, 6.45) is 1.55. The lowest BCUT2D eigenvalue weighted by atomic mass is 10.2. The lowest BCUT2D eigenvalue weighted by Crippen LogP contribution is -1.87. The van der Waals surface area contributed by atoms with E-state index < -0.39 is 0 Å². The Morgan fingerprint density at radius 3 is 2.79 bits per heavy atom. The lowest BCUT2D eigenvalue weighted by molar-refractivity contribution is 0.465. The molecule has 4 aromatic rings. The molecule has 0 bridgehead atoms. The van der Waals surface area contributed by atoms with Gasteiger partial charge < -0.3 is 4.42 Å². The van der Waals surface area contributed by atoms with Gasteiger partial charge in [-0.1, -0.05) is 23.8 Å². The van der Waals surface area contributed by atoms with Crippen LogP contribution in [0.15, 0.2) is 67.9 Å². The Kier molecular flexibility index (Phi) is 4.03. The monoisotopic (exact) mass is 398 g/mol. The Labute approximate surface area is 150 Å². The van der Waals surface area contributed by atoms with E-state index in [0.29, 0.717) is 11.1 Å². The average Bonchev–Trinajstić information content (AvgIpc) is 3.04. The van der Waals surface area contributed by atoms with Gasteiger partial charge in [0.25, 0.3) is 5.22 Å². The number of fused-ring (bicyclic) bond motifs is 1. The summed E-state index contributed by atoms with van der Waals surface area (Å²) in [5.41, 5.74) is 2.91. The fourth-order valence-corrected chi connectivity index (χ4v) is 3.50. The molecule has 2 aromatic carbocycles. The maximum Gasteiger partial charge on any atom is 0.283 e. The molecule has 0 aliphatic heterocycles. The molecule has 4 rings (SSSR count). The molecule has 2 heterocycles. The topological polar surface area (TPSA) is 64.7 Å². The molecule has 0 spiro atoms. The Bertz CT molecular complexity index is 1030. The van der Waals surface area contributed by atoms with E-state index in [1.807, 2.05) is 43.3 Å². The highest BCUT2D eigenvalue weighted by molar-refractivity contribution is 9.10. The summed E-state index contributed by atoms with van der Waals surface area (Å²) in [4.78, 5) is 8.65. The van der Waals surface area contributed by atoms with Crippen LogP contribution in [-0.4, -0.2) is 20.2 Å². The molecule has 0 saturated carbocycles. The van der Waals surface area contributed by atoms with Crippen molar-refractivity contribution in [1.82, 2.24) is 20.2 Å². The Balaban J connectivity index is 1.70. The van der Waals surface area contributed by atoms with Gasteiger partial charge in [0.15, 0.2) is 0 Å². The summed E-state index contributed by atoms with van der Waals surface area (Å²) < 4.78 is 6.69. The van der Waals surface area contributed by atoms with Gasteiger partial charge in [-0.15, -0.1) is 10.2 Å². The second-order valence-corrected chi connectivity index (χ2v) is 6.95. The van der Waals surface area contributed by atoms with Crippen molar-refractivity contribution >= 4 is 38.6 Å². The summed E-state index contributed by atoms with van der Waals surface area (Å²) in [5.74, 6) is 0.472. The number of benzene rings is 2. The third kappa shape index (κ3) is 2.92. The van der Waals surface area contributed by atoms with Crippen LogP contribution < -0.4 is 0 Å². The van der Waals surface area contributed by atoms with Crippen molar-refractivity contribution in [2.75, 3.05) is 0 Å². The zero-order valence-corrected chi connectivity index (χ0v) is 15.0. The minimum atomic E-state index is 0.447. The second kappa shape index (κ2) is 6.33. The third-order valence-electron chi connectivity index (χ3n) is 3.45. The zero-order chi connectivity index (χ0) is 16.5. The molecule has 0 aliphatic carbocycles. The molecule has 0 atom stereocenters. The Hall–Kier alpha value is -2.25. The summed E-state index contributed by atoms with van der Waals surface area (Å²) in [7, 11) is 0. The summed E-state index contributed by atoms with van der Waals surface area (Å²) in [6.45, 7) is 2.04. The number of aromatic nitrogens is 4. The normalized spacial score (nSPS) is 11.1. The van der Waals surface area contributed by atoms with Crippen molar-refractivity contribution < 1.29 is 4.42 Å². The molecule has 0 fully saturated rings. The molecule has 0 saturated heterocycles. The van der Waals surface area contributed by atoms with Gasteiger partial charge in [0.05, 0.1) is 11.1 Å². The number of nitrogens with zero attached hydrogens (tertiary/aromatic N) is 4. The largest absolute Gasteiger partial charge is 0.411 e. The van der Waals surface area contributed by atoms with Gasteiger partial charge in [-0.3, -0.25) is 0 Å². The van der Waals surface area contributed by atoms with E-state index >= 15 is 0 Å². The van der Waals surface area contributed by atoms with Crippen LogP contribution in [0.1, 0.15) is 5.56 Å². The van der Waals surface area contributed by atoms with E-state index in [9.17, 15) is 0 Å². The van der Waals surface area contributed by atoms with Crippen LogP contribution in [0, 0.1) is 6.92 Å². The standard InChI is InChI=1S/C17H11BrN4OS/c1-10-6-7-14-12(8-10)16(20-9-19-14)24-17-22-21-15(23-17)11-4-2-3-5-13(11)18/h2-9H,1H3. The smallest absolute Gasteiger partial charge is 0.283 e. The van der Waals surface area contributed by atoms with Crippen LogP contribution in [0.3, 0.4) is 0 Å². The average molecular weight is 399 g/mol. The number of hydrogen-bond acceptors (Lipinski definition) is 6. The quantitative estimate of drug-likeness (QED) is 0.457. The number of halogens is 1. The molecule has 7 heteroatoms. The van der Waals surface area contributed by atoms with E-state index in [4.69, 9.17) is 4.42 Å². The molecule has 24 heavy (non-hydrogen) atoms. The van der Waals surface area contributed by atoms with Gasteiger partial charge in [-0.05, 0) is 58.9 Å². The van der Waals surface area contributed by atoms with Crippen LogP contribution in [-0.2, 0) is 0 Å². The van der Waals surface area contributed by atoms with Crippen LogP contribution in [0.4, 0.5) is 0 Å². The van der Waals surface area contributed by atoms with Crippen molar-refractivity contribution in [2.45, 2.75) is 17.2 Å². The van der Waals surface area contributed by atoms with Gasteiger partial charge in [-0.25, -0.2) is 9.97 Å². The predicted octanol–water partition coefficient (Wildman–Crippen LogP) is 4.90. The summed E-state index contributed by atoms with van der Waals surface area (Å²) in [5, 5.41) is 10.5. The highest BCUT2D eigenvalue weighted by atomic mass is 79.9. The van der Waals surface area contributed by atoms with Crippen LogP contribution >= 0.6 is 27.7 Å². The van der Waals surface area contributed by atoms with Crippen LogP contribution in [0.5, 0.6) is 0 Å². The molecule has 0 radical (unpaired) electrons. The minimum absolute atomic E-state index is 0.447. The highest BCUT2D eigenvalue weighted by Gasteiger charge is 2.14. The van der Waals surface area contributed by atoms with E-state index in [0.717, 1.165) is 31.5 Å². The van der Waals surface area contributed by atoms with Gasteiger partial charge in [0.1, 0.15) is 11.4 Å². The van der Waals surface area contributed by atoms with Gasteiger partial charge in [-0.2, -0.15) is 0 Å². The molecule has 0 N–H and O–H groups in total. The molecular formula is C17H11BrN4OS. The highest BCUT2D eigenvalue weighted by Crippen LogP contribution is 2.33. The summed E-state index contributed by atoms with van der Waals surface area (Å²) >= 11 is 4.83. The van der Waals surface area contributed by atoms with Crippen molar-refractivity contribution in [1.29, 1.82) is 0 Å². The number of aryl methyl sites for hydroxylation is 1. The van der Waals surface area contributed by atoms with Crippen molar-refractivity contribution in [2.24, 2.45) is 0 Å². The molecule has 118 valence electrons. The number of hydrogen-bond donors (Lipinski definition) is 0. The second-order valence-electron chi connectivity index (χ2n) is 5.15. The number of rotatable bonds is 3. The maximum atomic E-state index is 5.78. The van der Waals surface area contributed by atoms with Gasteiger partial charge in [0.2, 0.25) is 5.89 Å². The van der Waals surface area contributed by atoms with E-state index in [1.165, 1.54) is 11.8 Å². The minimum Gasteiger partial charge on any atom is -0.411 e. The molecule has 2 aromatic heterocycles. The third-order valence-corrected chi connectivity index (χ3v) is 5.00. The zero-order valence-electron chi connectivity index (χ0n) is 12.6. The van der Waals surface area contributed by atoms with E-state index in [2.05, 4.69) is 42.2 Å². The van der Waals surface area contributed by atoms with Crippen LogP contribution in [0.2, 0.25) is 0 Å². The molecule has 0 amide bonds. The van der Waals surface area contributed by atoms with Gasteiger partial charge in [0, 0.05) is 9.86 Å². The Morgan fingerprint density at radius 2 is 1.92 bits per heavy atom. The molecule has 0 aliphatic rings. The first-order valence-electron chi connectivity index (χ1n) is 7.18. The first-order chi connectivity index (χ1) is 11.7. The van der Waals surface area contributed by atoms with E-state index in [-0.39, 0.29) is 0 Å². The molecule has 0 unspecified atom stereocenters. The van der Waals surface area contributed by atoms with Crippen molar-refractivity contribution in [3.05, 3.63) is 58.8 Å². The molecule has 5 nitrogen and oxygen atoms in total. The van der Waals surface area contributed by atoms with Gasteiger partial charge >= 0.3 is 0 Å². The van der Waals surface area contributed by atoms with Crippen molar-refractivity contribution in [3.8, 4) is 11.5 Å². The lowest BCUT2D eigenvalue weighted by Gasteiger charge is -2.03. The first-order valence-corrected chi connectivity index (χ1v) is 8.79. The first kappa shape index (κ1) is 15.3.